The fraction of sp³-hybridized carbons (Fsp3) is 0.364. The number of nitro groups is 1. The molecule has 0 aliphatic rings. The first-order valence-corrected chi connectivity index (χ1v) is 5.26. The van der Waals surface area contributed by atoms with Gasteiger partial charge in [0.1, 0.15) is 0 Å². The van der Waals surface area contributed by atoms with Crippen LogP contribution in [0.2, 0.25) is 0 Å². The molecule has 0 heterocycles. The molecule has 0 saturated heterocycles. The van der Waals surface area contributed by atoms with Crippen LogP contribution in [0.1, 0.15) is 13.8 Å². The highest BCUT2D eigenvalue weighted by Gasteiger charge is 2.06. The molecule has 0 atom stereocenters. The smallest absolute Gasteiger partial charge is 0.269 e. The van der Waals surface area contributed by atoms with E-state index in [9.17, 15) is 14.9 Å². The summed E-state index contributed by atoms with van der Waals surface area (Å²) in [5.41, 5.74) is 0.550. The van der Waals surface area contributed by atoms with Gasteiger partial charge >= 0.3 is 0 Å². The fourth-order valence-electron chi connectivity index (χ4n) is 1.17. The van der Waals surface area contributed by atoms with Gasteiger partial charge in [0.2, 0.25) is 5.91 Å². The van der Waals surface area contributed by atoms with Crippen molar-refractivity contribution in [3.63, 3.8) is 0 Å². The molecule has 1 aromatic carbocycles. The molecule has 2 N–H and O–H groups in total. The number of non-ortho nitro benzene ring substituents is 1. The zero-order valence-corrected chi connectivity index (χ0v) is 9.77. The fourth-order valence-corrected chi connectivity index (χ4v) is 1.17. The molecule has 1 amide bonds. The number of rotatable bonds is 5. The minimum Gasteiger partial charge on any atom is -0.325 e. The maximum Gasteiger partial charge on any atom is 0.269 e. The van der Waals surface area contributed by atoms with Crippen molar-refractivity contribution in [3.05, 3.63) is 34.4 Å². The normalized spacial score (nSPS) is 10.3. The summed E-state index contributed by atoms with van der Waals surface area (Å²) in [7, 11) is 0. The van der Waals surface area contributed by atoms with E-state index in [0.29, 0.717) is 5.69 Å². The molecule has 0 bridgehead atoms. The van der Waals surface area contributed by atoms with Crippen molar-refractivity contribution in [2.75, 3.05) is 11.9 Å². The van der Waals surface area contributed by atoms with Gasteiger partial charge in [0.15, 0.2) is 0 Å². The zero-order chi connectivity index (χ0) is 12.8. The molecule has 0 aliphatic carbocycles. The van der Waals surface area contributed by atoms with E-state index in [1.54, 1.807) is 0 Å². The second-order valence-corrected chi connectivity index (χ2v) is 3.89. The monoisotopic (exact) mass is 237 g/mol. The van der Waals surface area contributed by atoms with Crippen LogP contribution in [0.3, 0.4) is 0 Å². The van der Waals surface area contributed by atoms with Crippen molar-refractivity contribution in [1.82, 2.24) is 5.32 Å². The Kier molecular flexibility index (Phi) is 4.59. The van der Waals surface area contributed by atoms with Crippen molar-refractivity contribution in [1.29, 1.82) is 0 Å². The zero-order valence-electron chi connectivity index (χ0n) is 9.77. The minimum atomic E-state index is -0.480. The Balaban J connectivity index is 2.51. The van der Waals surface area contributed by atoms with Crippen LogP contribution in [0.15, 0.2) is 24.3 Å². The Morgan fingerprint density at radius 1 is 1.35 bits per heavy atom. The van der Waals surface area contributed by atoms with Crippen molar-refractivity contribution in [2.24, 2.45) is 0 Å². The summed E-state index contributed by atoms with van der Waals surface area (Å²) in [5, 5.41) is 16.0. The molecule has 6 nitrogen and oxygen atoms in total. The lowest BCUT2D eigenvalue weighted by Crippen LogP contribution is -2.32. The highest BCUT2D eigenvalue weighted by Crippen LogP contribution is 2.14. The summed E-state index contributed by atoms with van der Waals surface area (Å²) in [4.78, 5) is 21.4. The lowest BCUT2D eigenvalue weighted by molar-refractivity contribution is -0.384. The first-order chi connectivity index (χ1) is 7.99. The van der Waals surface area contributed by atoms with Crippen LogP contribution in [0.25, 0.3) is 0 Å². The third-order valence-corrected chi connectivity index (χ3v) is 2.03. The maximum absolute atomic E-state index is 11.4. The second kappa shape index (κ2) is 5.95. The summed E-state index contributed by atoms with van der Waals surface area (Å²) < 4.78 is 0. The Bertz CT molecular complexity index is 401. The van der Waals surface area contributed by atoms with Gasteiger partial charge in [-0.15, -0.1) is 0 Å². The summed E-state index contributed by atoms with van der Waals surface area (Å²) >= 11 is 0. The van der Waals surface area contributed by atoms with Crippen molar-refractivity contribution in [2.45, 2.75) is 19.9 Å². The number of nitrogens with one attached hydrogen (secondary N) is 2. The van der Waals surface area contributed by atoms with Crippen LogP contribution in [0, 0.1) is 10.1 Å². The molecule has 0 spiro atoms. The number of carbonyl (C=O) groups is 1. The van der Waals surface area contributed by atoms with Crippen molar-refractivity contribution in [3.8, 4) is 0 Å². The third-order valence-electron chi connectivity index (χ3n) is 2.03. The van der Waals surface area contributed by atoms with Gasteiger partial charge in [0.05, 0.1) is 11.5 Å². The number of nitrogens with zero attached hydrogens (tertiary/aromatic N) is 1. The van der Waals surface area contributed by atoms with Gasteiger partial charge in [-0.1, -0.05) is 13.8 Å². The van der Waals surface area contributed by atoms with Gasteiger partial charge in [-0.2, -0.15) is 0 Å². The second-order valence-electron chi connectivity index (χ2n) is 3.89. The molecule has 0 aromatic heterocycles. The molecule has 0 aliphatic heterocycles. The average Bonchev–Trinajstić information content (AvgIpc) is 2.27. The first-order valence-electron chi connectivity index (χ1n) is 5.26. The van der Waals surface area contributed by atoms with Crippen LogP contribution in [-0.4, -0.2) is 23.4 Å². The van der Waals surface area contributed by atoms with E-state index in [2.05, 4.69) is 10.6 Å². The van der Waals surface area contributed by atoms with Crippen molar-refractivity contribution >= 4 is 17.3 Å². The molecule has 1 aromatic rings. The van der Waals surface area contributed by atoms with Crippen molar-refractivity contribution < 1.29 is 9.72 Å². The van der Waals surface area contributed by atoms with Gasteiger partial charge in [0, 0.05) is 23.9 Å². The van der Waals surface area contributed by atoms with E-state index in [1.807, 2.05) is 13.8 Å². The van der Waals surface area contributed by atoms with Gasteiger partial charge in [-0.25, -0.2) is 0 Å². The first kappa shape index (κ1) is 13.1. The van der Waals surface area contributed by atoms with Gasteiger partial charge in [0.25, 0.3) is 5.69 Å². The van der Waals surface area contributed by atoms with Crippen LogP contribution in [0.4, 0.5) is 11.4 Å². The average molecular weight is 237 g/mol. The predicted molar refractivity (Wildman–Crippen MR) is 64.9 cm³/mol. The summed E-state index contributed by atoms with van der Waals surface area (Å²) in [6, 6.07) is 5.95. The molecular formula is C11H15N3O3. The van der Waals surface area contributed by atoms with E-state index in [4.69, 9.17) is 0 Å². The number of anilines is 1. The number of carbonyl (C=O) groups excluding carboxylic acids is 1. The number of hydrogen-bond donors (Lipinski definition) is 2. The van der Waals surface area contributed by atoms with E-state index >= 15 is 0 Å². The summed E-state index contributed by atoms with van der Waals surface area (Å²) in [5.74, 6) is -0.174. The summed E-state index contributed by atoms with van der Waals surface area (Å²) in [6.45, 7) is 4.10. The molecular weight excluding hydrogens is 222 g/mol. The third kappa shape index (κ3) is 4.60. The Hall–Kier alpha value is -1.95. The lowest BCUT2D eigenvalue weighted by Gasteiger charge is -2.08. The van der Waals surface area contributed by atoms with Crippen LogP contribution in [-0.2, 0) is 4.79 Å². The Morgan fingerprint density at radius 3 is 2.41 bits per heavy atom. The lowest BCUT2D eigenvalue weighted by atomic mass is 10.3. The highest BCUT2D eigenvalue weighted by molar-refractivity contribution is 5.92. The van der Waals surface area contributed by atoms with Gasteiger partial charge < -0.3 is 10.6 Å². The summed E-state index contributed by atoms with van der Waals surface area (Å²) in [6.07, 6.45) is 0. The van der Waals surface area contributed by atoms with Gasteiger partial charge in [-0.05, 0) is 12.1 Å². The standard InChI is InChI=1S/C11H15N3O3/c1-8(2)12-7-11(15)13-9-3-5-10(6-4-9)14(16)17/h3-6,8,12H,7H2,1-2H3,(H,13,15). The van der Waals surface area contributed by atoms with E-state index in [-0.39, 0.29) is 24.2 Å². The molecule has 0 radical (unpaired) electrons. The maximum atomic E-state index is 11.4. The SMILES string of the molecule is CC(C)NCC(=O)Nc1ccc([N+](=O)[O-])cc1. The van der Waals surface area contributed by atoms with Crippen LogP contribution >= 0.6 is 0 Å². The predicted octanol–water partition coefficient (Wildman–Crippen LogP) is 1.53. The van der Waals surface area contributed by atoms with E-state index in [0.717, 1.165) is 0 Å². The Labute approximate surface area is 99.2 Å². The Morgan fingerprint density at radius 2 is 1.94 bits per heavy atom. The number of nitro benzene ring substituents is 1. The quantitative estimate of drug-likeness (QED) is 0.600. The molecule has 17 heavy (non-hydrogen) atoms. The van der Waals surface area contributed by atoms with E-state index < -0.39 is 4.92 Å². The molecule has 6 heteroatoms. The molecule has 92 valence electrons. The van der Waals surface area contributed by atoms with E-state index in [1.165, 1.54) is 24.3 Å². The van der Waals surface area contributed by atoms with Crippen LogP contribution in [0.5, 0.6) is 0 Å². The number of benzene rings is 1. The number of hydrogen-bond acceptors (Lipinski definition) is 4. The molecule has 0 unspecified atom stereocenters. The molecule has 0 saturated carbocycles. The molecule has 1 rings (SSSR count). The van der Waals surface area contributed by atoms with Crippen LogP contribution < -0.4 is 10.6 Å². The van der Waals surface area contributed by atoms with Gasteiger partial charge in [-0.3, -0.25) is 14.9 Å². The minimum absolute atomic E-state index is 0.00306. The largest absolute Gasteiger partial charge is 0.325 e. The topological polar surface area (TPSA) is 84.3 Å². The number of amides is 1. The molecule has 0 fully saturated rings. The highest BCUT2D eigenvalue weighted by atomic mass is 16.6.